The van der Waals surface area contributed by atoms with Crippen molar-refractivity contribution in [1.29, 1.82) is 0 Å². The second-order valence-corrected chi connectivity index (χ2v) is 48.0. The van der Waals surface area contributed by atoms with Gasteiger partial charge in [0.05, 0.1) is 0 Å². The molecule has 5 atom stereocenters. The van der Waals surface area contributed by atoms with Gasteiger partial charge in [0.1, 0.15) is 28.7 Å². The molecule has 5 unspecified atom stereocenters. The number of aromatic hydroxyl groups is 5. The number of halogens is 10. The number of aliphatic imine (C=N–C) groups is 5. The summed E-state index contributed by atoms with van der Waals surface area (Å²) in [5, 5.41) is 62.5. The van der Waals surface area contributed by atoms with E-state index in [0.717, 1.165) is 71.0 Å². The fraction of sp³-hybridized carbons (Fsp3) is 0.261. The number of rotatable bonds is 15. The van der Waals surface area contributed by atoms with Crippen molar-refractivity contribution in [1.82, 2.24) is 0 Å². The topological polar surface area (TPSA) is 163 Å². The first-order valence-corrected chi connectivity index (χ1v) is 62.7. The predicted molar refractivity (Wildman–Crippen MR) is 521 cm³/mol. The van der Waals surface area contributed by atoms with E-state index in [2.05, 4.69) is 193 Å². The van der Waals surface area contributed by atoms with E-state index >= 15 is 0 Å². The first-order valence-electron chi connectivity index (χ1n) is 36.2. The van der Waals surface area contributed by atoms with Gasteiger partial charge in [-0.1, -0.05) is 269 Å². The van der Waals surface area contributed by atoms with Crippen LogP contribution >= 0.6 is 136 Å². The van der Waals surface area contributed by atoms with Crippen molar-refractivity contribution in [3.8, 4) is 28.7 Å². The van der Waals surface area contributed by atoms with Gasteiger partial charge in [-0.25, -0.2) is 0 Å². The predicted octanol–water partition coefficient (Wildman–Crippen LogP) is 23.0. The van der Waals surface area contributed by atoms with Gasteiger partial charge in [0.15, 0.2) is 0 Å². The van der Waals surface area contributed by atoms with E-state index in [1.165, 1.54) is 59.9 Å². The van der Waals surface area contributed by atoms with Crippen LogP contribution in [0, 0.1) is 41.5 Å². The number of benzene rings is 10. The molecule has 10 aromatic carbocycles. The van der Waals surface area contributed by atoms with Crippen LogP contribution in [0.25, 0.3) is 0 Å². The molecule has 10 nitrogen and oxygen atoms in total. The average molecular weight is 2060 g/mol. The third-order valence-corrected chi connectivity index (χ3v) is 24.3. The maximum absolute atomic E-state index is 11.0. The van der Waals surface area contributed by atoms with Crippen LogP contribution in [-0.2, 0) is 101 Å². The Hall–Kier alpha value is -1.83. The molecule has 0 saturated carbocycles. The standard InChI is InChI=1S/C22H30NOP.C19H24NOP.2C16H18NOP.C15H16NOP.10ClH.5Ti/c1-21(2,3)16-12-17(22(4,5)6)20(24)19(13-16)25-18-11-9-8-10-15(18)14-23-7;1-13-10-15(19(2,3)4)11-17(18(13)21)22-16-9-7-6-8-14(16)12-20-5;1-11-6-5-9-14(15(11)18)19-16-12(2)7-4-8-13(16)10-17-3;1-11-7-8-14(18)15(9-11)19-16-12(2)5-4-6-13(16)10-17-3;1-11-6-5-7-12(10-16-2)15(11)18-14-9-4-3-8-13(14)17;;;;;;;;;;;;;;;/h8-14,24-25H,1-7H3;6-12,21-22H,1-5H3;2*4-10,18-19H,1-3H3;3-10,17-18H,1-2H3;10*1H;;;;;/q;;;;;;;;;;;;;;;5*+2/p-10. The van der Waals surface area contributed by atoms with Gasteiger partial charge in [-0.15, -0.1) is 0 Å². The van der Waals surface area contributed by atoms with Gasteiger partial charge in [0.25, 0.3) is 0 Å². The first-order chi connectivity index (χ1) is 55.9. The van der Waals surface area contributed by atoms with Crippen LogP contribution in [0.4, 0.5) is 0 Å². The molecule has 118 heavy (non-hydrogen) atoms. The van der Waals surface area contributed by atoms with Crippen molar-refractivity contribution < 1.29 is 111 Å². The molecule has 0 aromatic heterocycles. The number of nitrogens with zero attached hydrogens (tertiary/aromatic N) is 5. The summed E-state index contributed by atoms with van der Waals surface area (Å²) in [6.45, 7) is 31.9. The molecule has 628 valence electrons. The van der Waals surface area contributed by atoms with Gasteiger partial charge in [0.2, 0.25) is 0 Å². The Bertz CT molecular complexity index is 4750. The van der Waals surface area contributed by atoms with Crippen LogP contribution in [0.1, 0.15) is 140 Å². The molecule has 0 bridgehead atoms. The molecule has 0 aliphatic heterocycles. The zero-order valence-electron chi connectivity index (χ0n) is 70.0. The molecule has 10 aromatic rings. The second kappa shape index (κ2) is 63.2. The first kappa shape index (κ1) is 114. The summed E-state index contributed by atoms with van der Waals surface area (Å²) in [4.78, 5) is 20.6. The molecule has 0 saturated heterocycles. The number of hydrogen-bond donors (Lipinski definition) is 5. The Balaban J connectivity index is 0.000000708. The van der Waals surface area contributed by atoms with Crippen LogP contribution in [0.2, 0.25) is 0 Å². The molecule has 5 N–H and O–H groups in total. The van der Waals surface area contributed by atoms with Crippen LogP contribution in [-0.4, -0.2) is 91.8 Å². The molecule has 0 aliphatic rings. The normalized spacial score (nSPS) is 11.3. The number of aryl methyl sites for hydroxylation is 6. The van der Waals surface area contributed by atoms with Crippen molar-refractivity contribution >= 4 is 220 Å². The fourth-order valence-corrected chi connectivity index (χ4v) is 17.3. The molecule has 0 amide bonds. The van der Waals surface area contributed by atoms with Crippen molar-refractivity contribution in [3.05, 3.63) is 266 Å². The Labute approximate surface area is 795 Å². The van der Waals surface area contributed by atoms with Gasteiger partial charge in [-0.05, 0) is 165 Å². The summed E-state index contributed by atoms with van der Waals surface area (Å²) < 4.78 is 0. The molecule has 0 aliphatic carbocycles. The van der Waals surface area contributed by atoms with Gasteiger partial charge < -0.3 is 25.5 Å². The third kappa shape index (κ3) is 42.6. The quantitative estimate of drug-likeness (QED) is 0.0391. The second-order valence-electron chi connectivity index (χ2n) is 28.6. The Kier molecular flexibility index (Phi) is 61.1. The molecule has 0 radical (unpaired) electrons. The molecule has 0 spiro atoms. The monoisotopic (exact) mass is 2060 g/mol. The summed E-state index contributed by atoms with van der Waals surface area (Å²) in [6.07, 6.45) is 9.39. The SMILES string of the molecule is CN=Cc1cccc(C)c1Pc1cc(C)ccc1O.CN=Cc1cccc(C)c1Pc1cccc(C)c1O.CN=Cc1cccc(C)c1Pc1ccccc1O.CN=Cc1ccccc1Pc1cc(C(C)(C)C)cc(C(C)(C)C)c1O.CN=Cc1ccccc1Pc1cc(C(C)(C)C)cc(C)c1O.[Cl][Ti][Cl].[Cl][Ti][Cl].[Cl][Ti][Cl].[Cl][Ti][Cl].[Cl][Ti][Cl]. The third-order valence-electron chi connectivity index (χ3n) is 16.7. The minimum absolute atomic E-state index is 0.0390. The van der Waals surface area contributed by atoms with E-state index in [0.29, 0.717) is 71.7 Å². The van der Waals surface area contributed by atoms with Gasteiger partial charge in [0, 0.05) is 115 Å². The van der Waals surface area contributed by atoms with Crippen molar-refractivity contribution in [2.24, 2.45) is 25.0 Å². The van der Waals surface area contributed by atoms with Crippen LogP contribution < -0.4 is 53.0 Å². The molecule has 0 heterocycles. The zero-order chi connectivity index (χ0) is 89.3. The van der Waals surface area contributed by atoms with Gasteiger partial charge in [-0.2, -0.15) is 0 Å². The van der Waals surface area contributed by atoms with Crippen LogP contribution in [0.15, 0.2) is 213 Å². The zero-order valence-corrected chi connectivity index (χ0v) is 90.4. The fourth-order valence-electron chi connectivity index (χ4n) is 10.9. The number of hydrogen-bond acceptors (Lipinski definition) is 10. The van der Waals surface area contributed by atoms with Crippen LogP contribution in [0.3, 0.4) is 0 Å². The van der Waals surface area contributed by atoms with E-state index in [4.69, 9.17) is 93.0 Å². The molecular formula is C88H106Cl10N5O5P5Ti5. The summed E-state index contributed by atoms with van der Waals surface area (Å²) >= 11 is -2.78. The van der Waals surface area contributed by atoms with Crippen molar-refractivity contribution in [2.45, 2.75) is 120 Å². The van der Waals surface area contributed by atoms with Crippen LogP contribution in [0.5, 0.6) is 28.7 Å². The molecule has 0 fully saturated rings. The summed E-state index contributed by atoms with van der Waals surface area (Å²) in [5.41, 5.74) is 15.9. The van der Waals surface area contributed by atoms with E-state index in [1.54, 1.807) is 47.4 Å². The maximum atomic E-state index is 11.0. The van der Waals surface area contributed by atoms with Gasteiger partial charge >= 0.3 is 178 Å². The van der Waals surface area contributed by atoms with E-state index < -0.39 is 85.2 Å². The Morgan fingerprint density at radius 3 is 0.949 bits per heavy atom. The minimum atomic E-state index is -0.556. The summed E-state index contributed by atoms with van der Waals surface area (Å²) in [5.74, 6) is 1.98. The van der Waals surface area contributed by atoms with E-state index in [-0.39, 0.29) is 16.2 Å². The Morgan fingerprint density at radius 1 is 0.271 bits per heavy atom. The van der Waals surface area contributed by atoms with Crippen molar-refractivity contribution in [3.63, 3.8) is 0 Å². The summed E-state index contributed by atoms with van der Waals surface area (Å²) in [7, 11) is 59.9. The molecular weight excluding hydrogens is 1960 g/mol. The molecule has 30 heteroatoms. The molecule has 10 rings (SSSR count). The number of phenols is 5. The number of para-hydroxylation sites is 2. The Morgan fingerprint density at radius 2 is 0.568 bits per heavy atom. The van der Waals surface area contributed by atoms with E-state index in [9.17, 15) is 25.5 Å². The van der Waals surface area contributed by atoms with Crippen molar-refractivity contribution in [2.75, 3.05) is 35.2 Å². The number of phenolic OH excluding ortho intramolecular Hbond substituents is 5. The van der Waals surface area contributed by atoms with E-state index in [1.807, 2.05) is 143 Å². The average Bonchev–Trinajstić information content (AvgIpc) is 0.747. The van der Waals surface area contributed by atoms with Gasteiger partial charge in [-0.3, -0.25) is 25.0 Å². The summed E-state index contributed by atoms with van der Waals surface area (Å²) in [6, 6.07) is 62.8.